The van der Waals surface area contributed by atoms with Crippen LogP contribution < -0.4 is 0 Å². The van der Waals surface area contributed by atoms with Gasteiger partial charge in [0.2, 0.25) is 0 Å². The predicted molar refractivity (Wildman–Crippen MR) is 231 cm³/mol. The summed E-state index contributed by atoms with van der Waals surface area (Å²) in [6, 6.07) is 71.8. The van der Waals surface area contributed by atoms with Gasteiger partial charge in [-0.1, -0.05) is 194 Å². The van der Waals surface area contributed by atoms with Crippen LogP contribution in [0.3, 0.4) is 0 Å². The van der Waals surface area contributed by atoms with Gasteiger partial charge in [-0.05, 0) is 45.5 Å². The maximum Gasteiger partial charge on any atom is 0.164 e. The molecule has 0 spiro atoms. The van der Waals surface area contributed by atoms with Gasteiger partial charge in [-0.25, -0.2) is 19.9 Å². The Morgan fingerprint density at radius 3 is 1.27 bits per heavy atom. The summed E-state index contributed by atoms with van der Waals surface area (Å²) in [4.78, 5) is 20.0. The fourth-order valence-corrected chi connectivity index (χ4v) is 7.54. The number of fused-ring (bicyclic) bond motifs is 3. The Hall–Kier alpha value is -7.56. The summed E-state index contributed by atoms with van der Waals surface area (Å²) in [7, 11) is 0. The third kappa shape index (κ3) is 6.29. The molecule has 0 saturated heterocycles. The Balaban J connectivity index is 1.03. The Bertz CT molecular complexity index is 2930. The Morgan fingerprint density at radius 2 is 0.679 bits per heavy atom. The van der Waals surface area contributed by atoms with Gasteiger partial charge in [-0.15, -0.1) is 0 Å². The van der Waals surface area contributed by atoms with Crippen LogP contribution in [-0.2, 0) is 0 Å². The van der Waals surface area contributed by atoms with Crippen molar-refractivity contribution in [3.8, 4) is 78.8 Å². The topological polar surface area (TPSA) is 51.6 Å². The lowest BCUT2D eigenvalue weighted by molar-refractivity contribution is 1.07. The van der Waals surface area contributed by atoms with E-state index in [9.17, 15) is 0 Å². The summed E-state index contributed by atoms with van der Waals surface area (Å²) in [6.45, 7) is 0. The SMILES string of the molecule is c1ccc(-c2nc(-c3ccccc3)nc(-c3ccc(-c4cccc(-c5ccc6c(c5)nc(-c5ccccc5)c5cccc(-c7ccccc7)c56)c4)cc3)n2)cc1. The van der Waals surface area contributed by atoms with Gasteiger partial charge in [-0.3, -0.25) is 0 Å². The third-order valence-electron chi connectivity index (χ3n) is 10.3. The molecular weight excluding hydrogens is 681 g/mol. The molecule has 0 bridgehead atoms. The van der Waals surface area contributed by atoms with E-state index in [1.807, 2.05) is 60.7 Å². The lowest BCUT2D eigenvalue weighted by Crippen LogP contribution is -2.00. The zero-order valence-corrected chi connectivity index (χ0v) is 30.4. The number of benzene rings is 8. The van der Waals surface area contributed by atoms with E-state index in [1.165, 1.54) is 16.5 Å². The Kier molecular flexibility index (Phi) is 8.47. The predicted octanol–water partition coefficient (Wildman–Crippen LogP) is 13.2. The fraction of sp³-hybridized carbons (Fsp3) is 0. The fourth-order valence-electron chi connectivity index (χ4n) is 7.54. The van der Waals surface area contributed by atoms with Gasteiger partial charge < -0.3 is 0 Å². The molecule has 2 aromatic heterocycles. The molecule has 2 heterocycles. The van der Waals surface area contributed by atoms with Crippen molar-refractivity contribution in [2.45, 2.75) is 0 Å². The van der Waals surface area contributed by atoms with Gasteiger partial charge in [0, 0.05) is 38.4 Å². The molecule has 0 aliphatic carbocycles. The van der Waals surface area contributed by atoms with Crippen LogP contribution in [0.2, 0.25) is 0 Å². The lowest BCUT2D eigenvalue weighted by Gasteiger charge is -2.15. The molecule has 10 rings (SSSR count). The zero-order valence-electron chi connectivity index (χ0n) is 30.4. The van der Waals surface area contributed by atoms with Crippen LogP contribution >= 0.6 is 0 Å². The molecule has 0 aliphatic rings. The van der Waals surface area contributed by atoms with Crippen LogP contribution in [0.25, 0.3) is 100 Å². The van der Waals surface area contributed by atoms with Crippen LogP contribution in [0, 0.1) is 0 Å². The van der Waals surface area contributed by atoms with Crippen molar-refractivity contribution in [3.63, 3.8) is 0 Å². The minimum Gasteiger partial charge on any atom is -0.247 e. The van der Waals surface area contributed by atoms with Crippen molar-refractivity contribution >= 4 is 21.7 Å². The normalized spacial score (nSPS) is 11.2. The van der Waals surface area contributed by atoms with Gasteiger partial charge in [0.25, 0.3) is 0 Å². The van der Waals surface area contributed by atoms with Crippen LogP contribution in [-0.4, -0.2) is 19.9 Å². The molecule has 10 aromatic rings. The highest BCUT2D eigenvalue weighted by atomic mass is 15.0. The molecule has 0 saturated carbocycles. The van der Waals surface area contributed by atoms with Gasteiger partial charge in [-0.2, -0.15) is 0 Å². The van der Waals surface area contributed by atoms with E-state index in [4.69, 9.17) is 19.9 Å². The monoisotopic (exact) mass is 714 g/mol. The van der Waals surface area contributed by atoms with Crippen molar-refractivity contribution < 1.29 is 0 Å². The average molecular weight is 715 g/mol. The summed E-state index contributed by atoms with van der Waals surface area (Å²) >= 11 is 0. The second-order valence-electron chi connectivity index (χ2n) is 13.8. The lowest BCUT2D eigenvalue weighted by atomic mass is 9.91. The van der Waals surface area contributed by atoms with E-state index in [-0.39, 0.29) is 0 Å². The van der Waals surface area contributed by atoms with Crippen LogP contribution in [0.15, 0.2) is 206 Å². The van der Waals surface area contributed by atoms with E-state index < -0.39 is 0 Å². The van der Waals surface area contributed by atoms with E-state index in [1.54, 1.807) is 0 Å². The molecule has 0 unspecified atom stereocenters. The minimum absolute atomic E-state index is 0.638. The van der Waals surface area contributed by atoms with Crippen molar-refractivity contribution in [2.24, 2.45) is 0 Å². The molecule has 4 nitrogen and oxygen atoms in total. The molecule has 0 aliphatic heterocycles. The first-order valence-corrected chi connectivity index (χ1v) is 18.8. The number of hydrogen-bond donors (Lipinski definition) is 0. The van der Waals surface area contributed by atoms with Crippen LogP contribution in [0.5, 0.6) is 0 Å². The van der Waals surface area contributed by atoms with Crippen molar-refractivity contribution in [3.05, 3.63) is 206 Å². The van der Waals surface area contributed by atoms with E-state index in [0.29, 0.717) is 17.5 Å². The van der Waals surface area contributed by atoms with Crippen molar-refractivity contribution in [2.75, 3.05) is 0 Å². The second-order valence-corrected chi connectivity index (χ2v) is 13.8. The molecular formula is C52H34N4. The molecule has 0 amide bonds. The Labute approximate surface area is 325 Å². The first-order valence-electron chi connectivity index (χ1n) is 18.8. The summed E-state index contributed by atoms with van der Waals surface area (Å²) in [5.41, 5.74) is 12.8. The first-order chi connectivity index (χ1) is 27.7. The van der Waals surface area contributed by atoms with E-state index in [0.717, 1.165) is 66.5 Å². The quantitative estimate of drug-likeness (QED) is 0.154. The molecule has 56 heavy (non-hydrogen) atoms. The molecule has 0 atom stereocenters. The van der Waals surface area contributed by atoms with Crippen molar-refractivity contribution in [1.82, 2.24) is 19.9 Å². The summed E-state index contributed by atoms with van der Waals surface area (Å²) in [6.07, 6.45) is 0. The minimum atomic E-state index is 0.638. The molecule has 0 fully saturated rings. The molecule has 4 heteroatoms. The molecule has 0 radical (unpaired) electrons. The summed E-state index contributed by atoms with van der Waals surface area (Å²) in [5, 5.41) is 3.50. The van der Waals surface area contributed by atoms with Gasteiger partial charge in [0.05, 0.1) is 11.2 Å². The summed E-state index contributed by atoms with van der Waals surface area (Å²) in [5.74, 6) is 1.94. The highest BCUT2D eigenvalue weighted by molar-refractivity contribution is 6.17. The Morgan fingerprint density at radius 1 is 0.250 bits per heavy atom. The molecule has 0 N–H and O–H groups in total. The third-order valence-corrected chi connectivity index (χ3v) is 10.3. The highest BCUT2D eigenvalue weighted by Gasteiger charge is 2.16. The van der Waals surface area contributed by atoms with E-state index in [2.05, 4.69) is 146 Å². The largest absolute Gasteiger partial charge is 0.247 e. The number of nitrogens with zero attached hydrogens (tertiary/aromatic N) is 4. The van der Waals surface area contributed by atoms with Crippen LogP contribution in [0.4, 0.5) is 0 Å². The number of hydrogen-bond acceptors (Lipinski definition) is 4. The van der Waals surface area contributed by atoms with Gasteiger partial charge in [0.15, 0.2) is 17.5 Å². The summed E-state index contributed by atoms with van der Waals surface area (Å²) < 4.78 is 0. The van der Waals surface area contributed by atoms with Crippen molar-refractivity contribution in [1.29, 1.82) is 0 Å². The number of aromatic nitrogens is 4. The zero-order chi connectivity index (χ0) is 37.3. The first kappa shape index (κ1) is 33.0. The number of pyridine rings is 1. The van der Waals surface area contributed by atoms with E-state index >= 15 is 0 Å². The smallest absolute Gasteiger partial charge is 0.164 e. The maximum absolute atomic E-state index is 5.35. The average Bonchev–Trinajstić information content (AvgIpc) is 3.29. The van der Waals surface area contributed by atoms with Gasteiger partial charge in [0.1, 0.15) is 0 Å². The van der Waals surface area contributed by atoms with Crippen LogP contribution in [0.1, 0.15) is 0 Å². The molecule has 8 aromatic carbocycles. The number of rotatable bonds is 7. The maximum atomic E-state index is 5.35. The second kappa shape index (κ2) is 14.3. The standard InChI is InChI=1S/C52H34N4/c1-5-15-36(16-6-1)44-25-14-26-46-48(44)45-32-31-43(34-47(45)53-49(46)37-17-7-2-8-18-37)42-24-13-23-41(33-42)35-27-29-40(30-28-35)52-55-50(38-19-9-3-10-20-38)54-51(56-52)39-21-11-4-12-22-39/h1-34H. The highest BCUT2D eigenvalue weighted by Crippen LogP contribution is 2.40. The van der Waals surface area contributed by atoms with Gasteiger partial charge >= 0.3 is 0 Å². The molecule has 262 valence electrons.